The fraction of sp³-hybridized carbons (Fsp3) is 0.700. The minimum atomic E-state index is -3.86. The zero-order valence-corrected chi connectivity index (χ0v) is 17.6. The minimum absolute atomic E-state index is 0.00338. The van der Waals surface area contributed by atoms with E-state index in [1.165, 1.54) is 12.1 Å². The lowest BCUT2D eigenvalue weighted by molar-refractivity contribution is -0.0424. The van der Waals surface area contributed by atoms with E-state index < -0.39 is 27.5 Å². The number of halogens is 1. The molecule has 0 unspecified atom stereocenters. The smallest absolute Gasteiger partial charge is 0.240 e. The Morgan fingerprint density at radius 1 is 1.04 bits per heavy atom. The molecule has 2 atom stereocenters. The molecule has 0 radical (unpaired) electrons. The van der Waals surface area contributed by atoms with Gasteiger partial charge in [-0.15, -0.1) is 0 Å². The number of benzene rings is 1. The molecule has 0 aliphatic heterocycles. The number of rotatable bonds is 10. The highest BCUT2D eigenvalue weighted by Gasteiger charge is 2.42. The molecule has 0 aliphatic rings. The fourth-order valence-electron chi connectivity index (χ4n) is 3.59. The number of nitrogens with one attached hydrogen (secondary N) is 1. The van der Waals surface area contributed by atoms with Crippen molar-refractivity contribution in [3.8, 4) is 0 Å². The summed E-state index contributed by atoms with van der Waals surface area (Å²) in [6.07, 6.45) is 1.74. The molecule has 0 aromatic heterocycles. The van der Waals surface area contributed by atoms with Crippen LogP contribution in [0.3, 0.4) is 0 Å². The first-order valence-electron chi connectivity index (χ1n) is 9.41. The molecule has 4 nitrogen and oxygen atoms in total. The summed E-state index contributed by atoms with van der Waals surface area (Å²) < 4.78 is 41.6. The van der Waals surface area contributed by atoms with Crippen molar-refractivity contribution in [2.45, 2.75) is 77.3 Å². The van der Waals surface area contributed by atoms with Crippen LogP contribution in [-0.4, -0.2) is 25.2 Å². The van der Waals surface area contributed by atoms with E-state index >= 15 is 0 Å². The monoisotopic (exact) mass is 387 g/mol. The van der Waals surface area contributed by atoms with Crippen LogP contribution in [0.2, 0.25) is 0 Å². The molecular formula is C20H34FNO3S. The molecule has 0 amide bonds. The molecule has 6 heteroatoms. The normalized spacial score (nSPS) is 15.5. The maximum absolute atomic E-state index is 13.1. The Labute approximate surface area is 158 Å². The molecule has 0 saturated heterocycles. The summed E-state index contributed by atoms with van der Waals surface area (Å²) in [4.78, 5) is 0.00338. The van der Waals surface area contributed by atoms with Gasteiger partial charge >= 0.3 is 0 Å². The van der Waals surface area contributed by atoms with Gasteiger partial charge in [0, 0.05) is 0 Å². The van der Waals surface area contributed by atoms with Crippen molar-refractivity contribution < 1.29 is 17.9 Å². The van der Waals surface area contributed by atoms with Gasteiger partial charge in [-0.1, -0.05) is 48.0 Å². The maximum atomic E-state index is 13.1. The third-order valence-corrected chi connectivity index (χ3v) is 6.18. The Kier molecular flexibility index (Phi) is 8.24. The van der Waals surface area contributed by atoms with Gasteiger partial charge in [0.05, 0.1) is 16.5 Å². The molecule has 2 N–H and O–H groups in total. The first kappa shape index (κ1) is 23.1. The molecule has 0 fully saturated rings. The molecule has 150 valence electrons. The molecule has 1 rings (SSSR count). The number of hydrogen-bond donors (Lipinski definition) is 2. The third-order valence-electron chi connectivity index (χ3n) is 4.72. The zero-order valence-electron chi connectivity index (χ0n) is 16.8. The van der Waals surface area contributed by atoms with Crippen molar-refractivity contribution in [2.24, 2.45) is 17.8 Å². The first-order chi connectivity index (χ1) is 11.9. The van der Waals surface area contributed by atoms with Crippen molar-refractivity contribution in [2.75, 3.05) is 0 Å². The molecule has 1 aromatic carbocycles. The third kappa shape index (κ3) is 6.32. The van der Waals surface area contributed by atoms with Gasteiger partial charge in [0.2, 0.25) is 10.0 Å². The highest BCUT2D eigenvalue weighted by atomic mass is 32.2. The molecule has 0 aliphatic carbocycles. The number of sulfonamides is 1. The molecule has 26 heavy (non-hydrogen) atoms. The van der Waals surface area contributed by atoms with Crippen LogP contribution in [0.4, 0.5) is 4.39 Å². The van der Waals surface area contributed by atoms with E-state index in [-0.39, 0.29) is 22.6 Å². The second-order valence-electron chi connectivity index (χ2n) is 8.24. The summed E-state index contributed by atoms with van der Waals surface area (Å²) in [7, 11) is -3.86. The van der Waals surface area contributed by atoms with E-state index in [0.29, 0.717) is 12.8 Å². The van der Waals surface area contributed by atoms with Gasteiger partial charge in [0.25, 0.3) is 0 Å². The fourth-order valence-corrected chi connectivity index (χ4v) is 5.01. The Bertz CT molecular complexity index is 646. The second kappa shape index (κ2) is 9.29. The SMILES string of the molecule is CC[C@H](C)[C@H](NS(=O)(=O)c1ccc(F)cc1)C(O)(CC(C)C)CC(C)C. The Morgan fingerprint density at radius 2 is 1.50 bits per heavy atom. The Hall–Kier alpha value is -0.980. The molecule has 0 spiro atoms. The molecule has 1 aromatic rings. The average molecular weight is 388 g/mol. The summed E-state index contributed by atoms with van der Waals surface area (Å²) >= 11 is 0. The van der Waals surface area contributed by atoms with E-state index in [2.05, 4.69) is 4.72 Å². The van der Waals surface area contributed by atoms with E-state index in [9.17, 15) is 17.9 Å². The molecule has 0 saturated carbocycles. The Balaban J connectivity index is 3.28. The van der Waals surface area contributed by atoms with Gasteiger partial charge in [-0.05, 0) is 54.9 Å². The van der Waals surface area contributed by atoms with Crippen molar-refractivity contribution >= 4 is 10.0 Å². The summed E-state index contributed by atoms with van der Waals surface area (Å²) in [6, 6.07) is 4.12. The van der Waals surface area contributed by atoms with Gasteiger partial charge in [0.1, 0.15) is 5.82 Å². The summed E-state index contributed by atoms with van der Waals surface area (Å²) in [5.74, 6) is -0.0902. The van der Waals surface area contributed by atoms with E-state index in [1.54, 1.807) is 0 Å². The van der Waals surface area contributed by atoms with Crippen LogP contribution >= 0.6 is 0 Å². The zero-order chi connectivity index (χ0) is 20.1. The van der Waals surface area contributed by atoms with Crippen LogP contribution in [0.15, 0.2) is 29.2 Å². The van der Waals surface area contributed by atoms with Crippen molar-refractivity contribution in [3.63, 3.8) is 0 Å². The van der Waals surface area contributed by atoms with E-state index in [4.69, 9.17) is 0 Å². The van der Waals surface area contributed by atoms with Gasteiger partial charge < -0.3 is 5.11 Å². The topological polar surface area (TPSA) is 66.4 Å². The summed E-state index contributed by atoms with van der Waals surface area (Å²) in [5, 5.41) is 11.5. The largest absolute Gasteiger partial charge is 0.388 e. The van der Waals surface area contributed by atoms with Crippen molar-refractivity contribution in [1.29, 1.82) is 0 Å². The molecular weight excluding hydrogens is 353 g/mol. The molecule has 0 heterocycles. The van der Waals surface area contributed by atoms with Crippen LogP contribution in [-0.2, 0) is 10.0 Å². The average Bonchev–Trinajstić information content (AvgIpc) is 2.50. The predicted molar refractivity (Wildman–Crippen MR) is 104 cm³/mol. The highest BCUT2D eigenvalue weighted by molar-refractivity contribution is 7.89. The lowest BCUT2D eigenvalue weighted by Crippen LogP contribution is -2.57. The maximum Gasteiger partial charge on any atom is 0.240 e. The Morgan fingerprint density at radius 3 is 1.88 bits per heavy atom. The van der Waals surface area contributed by atoms with Crippen LogP contribution in [0.25, 0.3) is 0 Å². The minimum Gasteiger partial charge on any atom is -0.388 e. The standard InChI is InChI=1S/C20H34FNO3S/c1-7-16(6)19(20(23,12-14(2)3)13-15(4)5)22-26(24,25)18-10-8-17(21)9-11-18/h8-11,14-16,19,22-23H,7,12-13H2,1-6H3/t16-,19-/m0/s1. The van der Waals surface area contributed by atoms with Crippen LogP contribution < -0.4 is 4.72 Å². The summed E-state index contributed by atoms with van der Waals surface area (Å²) in [6.45, 7) is 12.0. The predicted octanol–water partition coefficient (Wildman–Crippen LogP) is 4.34. The van der Waals surface area contributed by atoms with Crippen LogP contribution in [0, 0.1) is 23.6 Å². The number of aliphatic hydroxyl groups is 1. The first-order valence-corrected chi connectivity index (χ1v) is 10.9. The number of hydrogen-bond acceptors (Lipinski definition) is 3. The quantitative estimate of drug-likeness (QED) is 0.627. The van der Waals surface area contributed by atoms with Gasteiger partial charge in [-0.25, -0.2) is 17.5 Å². The van der Waals surface area contributed by atoms with Crippen LogP contribution in [0.5, 0.6) is 0 Å². The van der Waals surface area contributed by atoms with E-state index in [1.807, 2.05) is 41.5 Å². The van der Waals surface area contributed by atoms with Crippen molar-refractivity contribution in [3.05, 3.63) is 30.1 Å². The molecule has 0 bridgehead atoms. The lowest BCUT2D eigenvalue weighted by Gasteiger charge is -2.42. The second-order valence-corrected chi connectivity index (χ2v) is 9.95. The summed E-state index contributed by atoms with van der Waals surface area (Å²) in [5.41, 5.74) is -1.15. The lowest BCUT2D eigenvalue weighted by atomic mass is 9.75. The van der Waals surface area contributed by atoms with Gasteiger partial charge in [0.15, 0.2) is 0 Å². The van der Waals surface area contributed by atoms with E-state index in [0.717, 1.165) is 18.6 Å². The highest BCUT2D eigenvalue weighted by Crippen LogP contribution is 2.33. The van der Waals surface area contributed by atoms with Gasteiger partial charge in [-0.3, -0.25) is 0 Å². The van der Waals surface area contributed by atoms with Crippen molar-refractivity contribution in [1.82, 2.24) is 4.72 Å². The van der Waals surface area contributed by atoms with Crippen LogP contribution in [0.1, 0.15) is 60.8 Å². The van der Waals surface area contributed by atoms with Gasteiger partial charge in [-0.2, -0.15) is 0 Å².